The number of H-pyrrole nitrogens is 1. The Morgan fingerprint density at radius 3 is 2.88 bits per heavy atom. The lowest BCUT2D eigenvalue weighted by Gasteiger charge is -2.28. The zero-order valence-electron chi connectivity index (χ0n) is 10.0. The maximum Gasteiger partial charge on any atom is 0.257 e. The van der Waals surface area contributed by atoms with Crippen LogP contribution in [0.25, 0.3) is 0 Å². The number of rotatable bonds is 4. The Hall–Kier alpha value is -0.880. The van der Waals surface area contributed by atoms with Crippen LogP contribution >= 0.6 is 0 Å². The summed E-state index contributed by atoms with van der Waals surface area (Å²) in [6.45, 7) is 2.73. The standard InChI is InChI=1S/C11H19N3O2S/c1-9-4-2-3-5-10(9)8-13-17(15,16)11-6-7-12-14-11/h6-7,9-10,13H,2-5,8H2,1H3,(H,12,14). The summed E-state index contributed by atoms with van der Waals surface area (Å²) < 4.78 is 26.4. The van der Waals surface area contributed by atoms with E-state index in [0.717, 1.165) is 6.42 Å². The zero-order chi connectivity index (χ0) is 12.3. The van der Waals surface area contributed by atoms with E-state index in [9.17, 15) is 8.42 Å². The van der Waals surface area contributed by atoms with Gasteiger partial charge in [0.15, 0.2) is 5.03 Å². The lowest BCUT2D eigenvalue weighted by atomic mass is 9.81. The minimum Gasteiger partial charge on any atom is -0.266 e. The average Bonchev–Trinajstić information content (AvgIpc) is 2.82. The van der Waals surface area contributed by atoms with Crippen LogP contribution in [-0.2, 0) is 10.0 Å². The minimum atomic E-state index is -3.41. The molecular weight excluding hydrogens is 238 g/mol. The van der Waals surface area contributed by atoms with Crippen LogP contribution in [0.3, 0.4) is 0 Å². The molecule has 1 heterocycles. The Morgan fingerprint density at radius 2 is 2.24 bits per heavy atom. The van der Waals surface area contributed by atoms with Crippen molar-refractivity contribution < 1.29 is 8.42 Å². The van der Waals surface area contributed by atoms with Gasteiger partial charge in [-0.3, -0.25) is 5.10 Å². The number of hydrogen-bond acceptors (Lipinski definition) is 3. The normalized spacial score (nSPS) is 25.9. The van der Waals surface area contributed by atoms with Gasteiger partial charge >= 0.3 is 0 Å². The van der Waals surface area contributed by atoms with Crippen molar-refractivity contribution in [1.82, 2.24) is 14.9 Å². The smallest absolute Gasteiger partial charge is 0.257 e. The Balaban J connectivity index is 1.93. The van der Waals surface area contributed by atoms with Crippen molar-refractivity contribution in [3.63, 3.8) is 0 Å². The molecule has 1 aromatic rings. The topological polar surface area (TPSA) is 74.8 Å². The van der Waals surface area contributed by atoms with E-state index in [0.29, 0.717) is 18.4 Å². The van der Waals surface area contributed by atoms with Crippen molar-refractivity contribution >= 4 is 10.0 Å². The van der Waals surface area contributed by atoms with Crippen LogP contribution in [-0.4, -0.2) is 25.2 Å². The van der Waals surface area contributed by atoms with Gasteiger partial charge in [0.1, 0.15) is 0 Å². The molecule has 0 spiro atoms. The quantitative estimate of drug-likeness (QED) is 0.858. The third kappa shape index (κ3) is 3.07. The van der Waals surface area contributed by atoms with Gasteiger partial charge in [0, 0.05) is 6.54 Å². The molecule has 1 aliphatic carbocycles. The summed E-state index contributed by atoms with van der Waals surface area (Å²) in [6, 6.07) is 1.46. The van der Waals surface area contributed by atoms with Crippen LogP contribution < -0.4 is 4.72 Å². The van der Waals surface area contributed by atoms with E-state index in [-0.39, 0.29) is 5.03 Å². The fraction of sp³-hybridized carbons (Fsp3) is 0.727. The second-order valence-electron chi connectivity index (χ2n) is 4.79. The third-order valence-electron chi connectivity index (χ3n) is 3.59. The molecule has 2 N–H and O–H groups in total. The van der Waals surface area contributed by atoms with Crippen molar-refractivity contribution in [3.8, 4) is 0 Å². The van der Waals surface area contributed by atoms with Crippen molar-refractivity contribution in [2.24, 2.45) is 11.8 Å². The van der Waals surface area contributed by atoms with Gasteiger partial charge in [-0.15, -0.1) is 0 Å². The van der Waals surface area contributed by atoms with E-state index in [1.807, 2.05) is 0 Å². The molecule has 1 aliphatic rings. The van der Waals surface area contributed by atoms with Gasteiger partial charge in [-0.2, -0.15) is 5.10 Å². The van der Waals surface area contributed by atoms with E-state index in [1.54, 1.807) is 0 Å². The number of nitrogens with zero attached hydrogens (tertiary/aromatic N) is 1. The summed E-state index contributed by atoms with van der Waals surface area (Å²) in [6.07, 6.45) is 6.24. The molecule has 2 unspecified atom stereocenters. The van der Waals surface area contributed by atoms with Crippen LogP contribution in [0.4, 0.5) is 0 Å². The second-order valence-corrected chi connectivity index (χ2v) is 6.53. The van der Waals surface area contributed by atoms with Crippen LogP contribution in [0.15, 0.2) is 17.3 Å². The number of nitrogens with one attached hydrogen (secondary N) is 2. The first kappa shape index (κ1) is 12.6. The molecule has 2 atom stereocenters. The summed E-state index contributed by atoms with van der Waals surface area (Å²) in [5.74, 6) is 1.06. The highest BCUT2D eigenvalue weighted by Crippen LogP contribution is 2.29. The average molecular weight is 257 g/mol. The monoisotopic (exact) mass is 257 g/mol. The van der Waals surface area contributed by atoms with E-state index in [4.69, 9.17) is 0 Å². The third-order valence-corrected chi connectivity index (χ3v) is 4.94. The molecule has 0 saturated heterocycles. The van der Waals surface area contributed by atoms with E-state index >= 15 is 0 Å². The molecule has 0 aromatic carbocycles. The predicted molar refractivity (Wildman–Crippen MR) is 64.9 cm³/mol. The van der Waals surface area contributed by atoms with Crippen LogP contribution in [0, 0.1) is 11.8 Å². The molecule has 0 radical (unpaired) electrons. The van der Waals surface area contributed by atoms with Gasteiger partial charge in [-0.25, -0.2) is 13.1 Å². The first-order chi connectivity index (χ1) is 8.09. The van der Waals surface area contributed by atoms with Crippen LogP contribution in [0.5, 0.6) is 0 Å². The number of hydrogen-bond donors (Lipinski definition) is 2. The van der Waals surface area contributed by atoms with Gasteiger partial charge in [-0.05, 0) is 24.3 Å². The zero-order valence-corrected chi connectivity index (χ0v) is 10.8. The van der Waals surface area contributed by atoms with Gasteiger partial charge in [0.25, 0.3) is 10.0 Å². The molecular formula is C11H19N3O2S. The summed E-state index contributed by atoms with van der Waals surface area (Å²) in [4.78, 5) is 0. The molecule has 1 aromatic heterocycles. The predicted octanol–water partition coefficient (Wildman–Crippen LogP) is 1.51. The van der Waals surface area contributed by atoms with Crippen LogP contribution in [0.1, 0.15) is 32.6 Å². The number of aromatic nitrogens is 2. The summed E-state index contributed by atoms with van der Waals surface area (Å²) in [5, 5.41) is 6.27. The van der Waals surface area contributed by atoms with Gasteiger partial charge in [0.05, 0.1) is 6.20 Å². The van der Waals surface area contributed by atoms with Crippen molar-refractivity contribution in [3.05, 3.63) is 12.3 Å². The van der Waals surface area contributed by atoms with Crippen LogP contribution in [0.2, 0.25) is 0 Å². The van der Waals surface area contributed by atoms with Gasteiger partial charge in [0.2, 0.25) is 0 Å². The van der Waals surface area contributed by atoms with Crippen molar-refractivity contribution in [2.45, 2.75) is 37.6 Å². The van der Waals surface area contributed by atoms with E-state index < -0.39 is 10.0 Å². The molecule has 0 amide bonds. The summed E-state index contributed by atoms with van der Waals surface area (Å²) >= 11 is 0. The number of sulfonamides is 1. The highest BCUT2D eigenvalue weighted by molar-refractivity contribution is 7.89. The fourth-order valence-electron chi connectivity index (χ4n) is 2.38. The molecule has 1 fully saturated rings. The fourth-order valence-corrected chi connectivity index (χ4v) is 3.39. The molecule has 17 heavy (non-hydrogen) atoms. The largest absolute Gasteiger partial charge is 0.266 e. The molecule has 1 saturated carbocycles. The molecule has 0 bridgehead atoms. The van der Waals surface area contributed by atoms with Gasteiger partial charge in [-0.1, -0.05) is 26.2 Å². The van der Waals surface area contributed by atoms with E-state index in [2.05, 4.69) is 21.8 Å². The lowest BCUT2D eigenvalue weighted by molar-refractivity contribution is 0.257. The Morgan fingerprint density at radius 1 is 1.47 bits per heavy atom. The maximum atomic E-state index is 11.9. The Bertz CT molecular complexity index is 441. The van der Waals surface area contributed by atoms with Gasteiger partial charge < -0.3 is 0 Å². The molecule has 2 rings (SSSR count). The first-order valence-electron chi connectivity index (χ1n) is 6.08. The molecule has 5 nitrogen and oxygen atoms in total. The molecule has 6 heteroatoms. The van der Waals surface area contributed by atoms with Crippen molar-refractivity contribution in [2.75, 3.05) is 6.54 Å². The first-order valence-corrected chi connectivity index (χ1v) is 7.57. The lowest BCUT2D eigenvalue weighted by Crippen LogP contribution is -2.33. The highest BCUT2D eigenvalue weighted by Gasteiger charge is 2.24. The van der Waals surface area contributed by atoms with Crippen molar-refractivity contribution in [1.29, 1.82) is 0 Å². The molecule has 0 aliphatic heterocycles. The Kier molecular flexibility index (Phi) is 3.83. The maximum absolute atomic E-state index is 11.9. The minimum absolute atomic E-state index is 0.140. The summed E-state index contributed by atoms with van der Waals surface area (Å²) in [7, 11) is -3.41. The molecule has 96 valence electrons. The second kappa shape index (κ2) is 5.18. The van der Waals surface area contributed by atoms with E-state index in [1.165, 1.54) is 31.5 Å². The highest BCUT2D eigenvalue weighted by atomic mass is 32.2. The SMILES string of the molecule is CC1CCCCC1CNS(=O)(=O)c1ccn[nH]1. The Labute approximate surface area is 102 Å². The summed E-state index contributed by atoms with van der Waals surface area (Å²) in [5.41, 5.74) is 0. The number of aromatic amines is 1.